The first-order valence-electron chi connectivity index (χ1n) is 4.32. The van der Waals surface area contributed by atoms with E-state index in [1.165, 1.54) is 24.3 Å². The second-order valence-electron chi connectivity index (χ2n) is 3.10. The Hall–Kier alpha value is -1.47. The summed E-state index contributed by atoms with van der Waals surface area (Å²) in [7, 11) is -3.86. The Kier molecular flexibility index (Phi) is 3.97. The molecular formula is C9H10FNO4S. The molecular weight excluding hydrogens is 237 g/mol. The van der Waals surface area contributed by atoms with Gasteiger partial charge < -0.3 is 5.11 Å². The summed E-state index contributed by atoms with van der Waals surface area (Å²) in [5.41, 5.74) is 0.425. The van der Waals surface area contributed by atoms with Gasteiger partial charge in [0.1, 0.15) is 5.82 Å². The van der Waals surface area contributed by atoms with Crippen LogP contribution < -0.4 is 4.72 Å². The lowest BCUT2D eigenvalue weighted by atomic mass is 10.2. The first kappa shape index (κ1) is 12.6. The van der Waals surface area contributed by atoms with Crippen LogP contribution in [0.25, 0.3) is 0 Å². The molecule has 5 nitrogen and oxygen atoms in total. The van der Waals surface area contributed by atoms with Crippen molar-refractivity contribution in [2.24, 2.45) is 0 Å². The number of carbonyl (C=O) groups is 1. The number of carboxylic acids is 1. The highest BCUT2D eigenvalue weighted by Crippen LogP contribution is 2.03. The van der Waals surface area contributed by atoms with Crippen molar-refractivity contribution < 1.29 is 22.7 Å². The molecule has 2 N–H and O–H groups in total. The van der Waals surface area contributed by atoms with Crippen LogP contribution in [-0.4, -0.2) is 25.2 Å². The van der Waals surface area contributed by atoms with Crippen molar-refractivity contribution in [3.05, 3.63) is 35.6 Å². The van der Waals surface area contributed by atoms with Gasteiger partial charge in [-0.1, -0.05) is 12.1 Å². The molecule has 0 atom stereocenters. The van der Waals surface area contributed by atoms with Gasteiger partial charge in [-0.2, -0.15) is 0 Å². The third-order valence-electron chi connectivity index (χ3n) is 1.70. The molecule has 0 heterocycles. The first-order chi connectivity index (χ1) is 7.39. The summed E-state index contributed by atoms with van der Waals surface area (Å²) in [4.78, 5) is 10.2. The lowest BCUT2D eigenvalue weighted by Crippen LogP contribution is -2.29. The van der Waals surface area contributed by atoms with Gasteiger partial charge in [-0.05, 0) is 17.7 Å². The van der Waals surface area contributed by atoms with Crippen LogP contribution in [0.5, 0.6) is 0 Å². The maximum atomic E-state index is 12.7. The Bertz CT molecular complexity index is 486. The Balaban J connectivity index is 2.61. The zero-order chi connectivity index (χ0) is 12.2. The monoisotopic (exact) mass is 247 g/mol. The predicted octanol–water partition coefficient (Wildman–Crippen LogP) is 0.330. The van der Waals surface area contributed by atoms with E-state index in [-0.39, 0.29) is 6.54 Å². The molecule has 0 radical (unpaired) electrons. The minimum atomic E-state index is -3.86. The lowest BCUT2D eigenvalue weighted by molar-refractivity contribution is -0.134. The van der Waals surface area contributed by atoms with Crippen molar-refractivity contribution in [2.75, 3.05) is 5.75 Å². The first-order valence-corrected chi connectivity index (χ1v) is 5.98. The molecule has 7 heteroatoms. The topological polar surface area (TPSA) is 83.5 Å². The number of nitrogens with one attached hydrogen (secondary N) is 1. The van der Waals surface area contributed by atoms with E-state index in [1.54, 1.807) is 0 Å². The minimum absolute atomic E-state index is 0.132. The van der Waals surface area contributed by atoms with Crippen molar-refractivity contribution in [1.82, 2.24) is 4.72 Å². The molecule has 1 aromatic rings. The second kappa shape index (κ2) is 5.04. The van der Waals surface area contributed by atoms with Gasteiger partial charge in [0.25, 0.3) is 0 Å². The number of aliphatic carboxylic acids is 1. The van der Waals surface area contributed by atoms with Crippen molar-refractivity contribution in [2.45, 2.75) is 6.54 Å². The van der Waals surface area contributed by atoms with Crippen molar-refractivity contribution >= 4 is 16.0 Å². The van der Waals surface area contributed by atoms with Crippen LogP contribution in [0.4, 0.5) is 4.39 Å². The number of hydrogen-bond acceptors (Lipinski definition) is 3. The molecule has 0 saturated heterocycles. The summed E-state index contributed by atoms with van der Waals surface area (Å²) in [6.07, 6.45) is 0. The average Bonchev–Trinajstić information content (AvgIpc) is 2.13. The second-order valence-corrected chi connectivity index (χ2v) is 4.91. The molecule has 0 aliphatic heterocycles. The fourth-order valence-corrected chi connectivity index (χ4v) is 1.87. The maximum absolute atomic E-state index is 12.7. The van der Waals surface area contributed by atoms with E-state index in [0.717, 1.165) is 0 Å². The zero-order valence-electron chi connectivity index (χ0n) is 8.18. The van der Waals surface area contributed by atoms with E-state index in [0.29, 0.717) is 5.56 Å². The molecule has 0 unspecified atom stereocenters. The van der Waals surface area contributed by atoms with Crippen molar-refractivity contribution in [3.63, 3.8) is 0 Å². The molecule has 1 aromatic carbocycles. The van der Waals surface area contributed by atoms with Crippen LogP contribution in [0.3, 0.4) is 0 Å². The number of hydrogen-bond donors (Lipinski definition) is 2. The molecule has 88 valence electrons. The van der Waals surface area contributed by atoms with Crippen LogP contribution in [-0.2, 0) is 21.4 Å². The molecule has 0 amide bonds. The van der Waals surface area contributed by atoms with E-state index in [2.05, 4.69) is 4.72 Å². The molecule has 0 aliphatic carbocycles. The van der Waals surface area contributed by atoms with Crippen LogP contribution in [0.15, 0.2) is 24.3 Å². The third kappa shape index (κ3) is 4.37. The van der Waals surface area contributed by atoms with Gasteiger partial charge in [0.2, 0.25) is 10.0 Å². The van der Waals surface area contributed by atoms with Crippen molar-refractivity contribution in [1.29, 1.82) is 0 Å². The van der Waals surface area contributed by atoms with Crippen LogP contribution in [0.1, 0.15) is 5.56 Å². The van der Waals surface area contributed by atoms with E-state index < -0.39 is 27.6 Å². The minimum Gasteiger partial charge on any atom is -0.480 e. The van der Waals surface area contributed by atoms with Gasteiger partial charge in [0, 0.05) is 6.54 Å². The van der Waals surface area contributed by atoms with Gasteiger partial charge in [-0.25, -0.2) is 17.5 Å². The van der Waals surface area contributed by atoms with Gasteiger partial charge in [0.15, 0.2) is 5.75 Å². The summed E-state index contributed by atoms with van der Waals surface area (Å²) in [6, 6.07) is 5.38. The largest absolute Gasteiger partial charge is 0.480 e. The predicted molar refractivity (Wildman–Crippen MR) is 54.7 cm³/mol. The van der Waals surface area contributed by atoms with E-state index in [4.69, 9.17) is 5.11 Å². The highest BCUT2D eigenvalue weighted by atomic mass is 32.2. The molecule has 0 fully saturated rings. The number of sulfonamides is 1. The van der Waals surface area contributed by atoms with Crippen molar-refractivity contribution in [3.8, 4) is 0 Å². The van der Waals surface area contributed by atoms with E-state index in [1.807, 2.05) is 0 Å². The molecule has 0 spiro atoms. The fourth-order valence-electron chi connectivity index (χ4n) is 1.05. The Labute approximate surface area is 92.0 Å². The smallest absolute Gasteiger partial charge is 0.320 e. The quantitative estimate of drug-likeness (QED) is 0.785. The highest BCUT2D eigenvalue weighted by molar-refractivity contribution is 7.90. The SMILES string of the molecule is O=C(O)CS(=O)(=O)NCc1cccc(F)c1. The van der Waals surface area contributed by atoms with E-state index in [9.17, 15) is 17.6 Å². The Morgan fingerprint density at radius 1 is 1.44 bits per heavy atom. The molecule has 1 rings (SSSR count). The summed E-state index contributed by atoms with van der Waals surface area (Å²) in [6.45, 7) is -0.132. The van der Waals surface area contributed by atoms with Crippen LogP contribution in [0.2, 0.25) is 0 Å². The van der Waals surface area contributed by atoms with Gasteiger partial charge >= 0.3 is 5.97 Å². The van der Waals surface area contributed by atoms with Gasteiger partial charge in [0.05, 0.1) is 0 Å². The summed E-state index contributed by atoms with van der Waals surface area (Å²) < 4.78 is 37.0. The molecule has 0 saturated carbocycles. The molecule has 0 aliphatic rings. The fraction of sp³-hybridized carbons (Fsp3) is 0.222. The molecule has 0 bridgehead atoms. The molecule has 16 heavy (non-hydrogen) atoms. The zero-order valence-corrected chi connectivity index (χ0v) is 9.00. The van der Waals surface area contributed by atoms with Crippen LogP contribution in [0, 0.1) is 5.82 Å². The lowest BCUT2D eigenvalue weighted by Gasteiger charge is -2.04. The number of halogens is 1. The average molecular weight is 247 g/mol. The highest BCUT2D eigenvalue weighted by Gasteiger charge is 2.14. The number of rotatable bonds is 5. The summed E-state index contributed by atoms with van der Waals surface area (Å²) >= 11 is 0. The standard InChI is InChI=1S/C9H10FNO4S/c10-8-3-1-2-7(4-8)5-11-16(14,15)6-9(12)13/h1-4,11H,5-6H2,(H,12,13). The number of carboxylic acid groups (broad SMARTS) is 1. The maximum Gasteiger partial charge on any atom is 0.320 e. The Morgan fingerprint density at radius 3 is 2.69 bits per heavy atom. The number of benzene rings is 1. The third-order valence-corrected chi connectivity index (χ3v) is 2.91. The summed E-state index contributed by atoms with van der Waals surface area (Å²) in [5.74, 6) is -2.91. The van der Waals surface area contributed by atoms with Gasteiger partial charge in [-0.15, -0.1) is 0 Å². The Morgan fingerprint density at radius 2 is 2.12 bits per heavy atom. The molecule has 0 aromatic heterocycles. The van der Waals surface area contributed by atoms with E-state index >= 15 is 0 Å². The van der Waals surface area contributed by atoms with Gasteiger partial charge in [-0.3, -0.25) is 4.79 Å². The van der Waals surface area contributed by atoms with Crippen LogP contribution >= 0.6 is 0 Å². The normalized spacial score (nSPS) is 11.3. The summed E-state index contributed by atoms with van der Waals surface area (Å²) in [5, 5.41) is 8.31.